The fraction of sp³-hybridized carbons (Fsp3) is 0.226. The predicted octanol–water partition coefficient (Wildman–Crippen LogP) is 6.45. The Morgan fingerprint density at radius 3 is 1.42 bits per heavy atom. The molecule has 11 rings (SSSR count). The van der Waals surface area contributed by atoms with E-state index in [-0.39, 0.29) is 20.1 Å². The second-order valence-electron chi connectivity index (χ2n) is 21.0. The molecule has 458 valence electrons. The molecule has 21 nitrogen and oxygen atoms in total. The van der Waals surface area contributed by atoms with Gasteiger partial charge in [0.2, 0.25) is 30.1 Å². The smallest absolute Gasteiger partial charge is 0.488 e. The minimum Gasteiger partial charge on any atom is -0.497 e. The van der Waals surface area contributed by atoms with Gasteiger partial charge in [-0.1, -0.05) is 60.7 Å². The average molecular weight is 1320 g/mol. The Bertz CT molecular complexity index is 4530. The first-order valence-electron chi connectivity index (χ1n) is 27.3. The summed E-state index contributed by atoms with van der Waals surface area (Å²) in [6.45, 7) is 4.06. The molecule has 0 bridgehead atoms. The lowest BCUT2D eigenvalue weighted by atomic mass is 9.80. The Morgan fingerprint density at radius 2 is 0.966 bits per heavy atom. The van der Waals surface area contributed by atoms with Gasteiger partial charge in [0, 0.05) is 77.0 Å². The maximum absolute atomic E-state index is 12.5. The van der Waals surface area contributed by atoms with E-state index in [2.05, 4.69) is 69.1 Å². The highest BCUT2D eigenvalue weighted by molar-refractivity contribution is 9.10. The first kappa shape index (κ1) is 65.9. The van der Waals surface area contributed by atoms with Crippen LogP contribution in [0.3, 0.4) is 0 Å². The van der Waals surface area contributed by atoms with Crippen molar-refractivity contribution in [3.63, 3.8) is 0 Å². The topological polar surface area (TPSA) is 240 Å². The summed E-state index contributed by atoms with van der Waals surface area (Å²) in [7, 11) is 4.15. The van der Waals surface area contributed by atoms with Crippen molar-refractivity contribution in [2.75, 3.05) is 56.5 Å². The van der Waals surface area contributed by atoms with E-state index in [1.807, 2.05) is 98.8 Å². The van der Waals surface area contributed by atoms with Gasteiger partial charge in [-0.2, -0.15) is 0 Å². The first-order valence-corrected chi connectivity index (χ1v) is 32.4. The van der Waals surface area contributed by atoms with Crippen LogP contribution in [-0.4, -0.2) is 142 Å². The molecule has 5 aromatic carbocycles. The largest absolute Gasteiger partial charge is 0.497 e. The molecule has 0 atom stereocenters. The molecule has 0 amide bonds. The van der Waals surface area contributed by atoms with Gasteiger partial charge in [-0.25, -0.2) is 47.3 Å². The average Bonchev–Trinajstić information content (AvgIpc) is 1.90. The highest BCUT2D eigenvalue weighted by Crippen LogP contribution is 2.29. The van der Waals surface area contributed by atoms with Crippen LogP contribution in [-0.2, 0) is 63.8 Å². The number of imidazole rings is 2. The van der Waals surface area contributed by atoms with E-state index in [4.69, 9.17) is 24.5 Å². The summed E-state index contributed by atoms with van der Waals surface area (Å²) in [6.07, 6.45) is 9.46. The Labute approximate surface area is 522 Å². The van der Waals surface area contributed by atoms with E-state index >= 15 is 0 Å². The van der Waals surface area contributed by atoms with Gasteiger partial charge in [-0.05, 0) is 123 Å². The van der Waals surface area contributed by atoms with Crippen LogP contribution >= 0.6 is 15.9 Å². The Morgan fingerprint density at radius 1 is 0.545 bits per heavy atom. The summed E-state index contributed by atoms with van der Waals surface area (Å²) in [5.41, 5.74) is 12.8. The molecule has 0 fully saturated rings. The van der Waals surface area contributed by atoms with Crippen molar-refractivity contribution in [3.05, 3.63) is 198 Å². The summed E-state index contributed by atoms with van der Waals surface area (Å²) >= 11 is 3.46. The van der Waals surface area contributed by atoms with Crippen molar-refractivity contribution in [1.82, 2.24) is 37.0 Å². The molecule has 2 N–H and O–H groups in total. The van der Waals surface area contributed by atoms with Gasteiger partial charge >= 0.3 is 18.4 Å². The summed E-state index contributed by atoms with van der Waals surface area (Å²) < 4.78 is 96.0. The third kappa shape index (κ3) is 15.3. The summed E-state index contributed by atoms with van der Waals surface area (Å²) in [4.78, 5) is 18.6. The number of hydrogen-bond acceptors (Lipinski definition) is 14. The maximum Gasteiger partial charge on any atom is 0.488 e. The van der Waals surface area contributed by atoms with Crippen LogP contribution in [0.15, 0.2) is 195 Å². The van der Waals surface area contributed by atoms with Crippen LogP contribution in [0.1, 0.15) is 29.3 Å². The van der Waals surface area contributed by atoms with Crippen LogP contribution < -0.4 is 24.1 Å². The molecule has 6 heterocycles. The molecule has 0 saturated carbocycles. The highest BCUT2D eigenvalue weighted by atomic mass is 79.9. The standard InChI is InChI=1S/C23H25N4O3S.C16H17N3O2S.C15H15BrN3O.C8H12BNO4S/c1-25(2)31(28,29)21-7-5-6-18(12-21)19-13-22-23(24-14-19)27(16-26(22)3)15-17-8-10-20(30-4)11-9-17;1-11-15-8-13(9-18-16(15)10-17-11)12-5-4-6-14(7-12)22(20,21)19(2)3;1-18-10-19(15-14(18)7-12(16)8-17-15)9-11-3-5-13(20-2)6-4-11;1-10(2)15(13,14)8-5-3-4-7(6-8)9(11)12/h5-14,16H,15H2,1-4H3;4-9H,10H2,1-3H3;3-8,10H,9H2,1-2H3;3-6,11-12H,1-2H3/q+1;;+1;. The number of sulfonamides is 3. The number of halogens is 1. The molecular weight excluding hydrogens is 1250 g/mol. The van der Waals surface area contributed by atoms with Crippen molar-refractivity contribution in [1.29, 1.82) is 0 Å². The van der Waals surface area contributed by atoms with E-state index in [9.17, 15) is 25.3 Å². The maximum atomic E-state index is 12.5. The molecule has 0 radical (unpaired) electrons. The monoisotopic (exact) mass is 1310 g/mol. The fourth-order valence-electron chi connectivity index (χ4n) is 9.23. The number of pyridine rings is 3. The lowest BCUT2D eigenvalue weighted by molar-refractivity contribution is -0.665. The molecule has 1 aliphatic rings. The molecule has 10 aromatic rings. The van der Waals surface area contributed by atoms with Crippen LogP contribution in [0.4, 0.5) is 0 Å². The number of methoxy groups -OCH3 is 2. The first-order chi connectivity index (χ1) is 41.7. The van der Waals surface area contributed by atoms with Gasteiger partial charge in [0.25, 0.3) is 0 Å². The van der Waals surface area contributed by atoms with Gasteiger partial charge < -0.3 is 19.5 Å². The van der Waals surface area contributed by atoms with E-state index < -0.39 is 37.2 Å². The van der Waals surface area contributed by atoms with Crippen molar-refractivity contribution in [2.24, 2.45) is 19.1 Å². The van der Waals surface area contributed by atoms with E-state index in [1.165, 1.54) is 80.7 Å². The molecule has 0 spiro atoms. The van der Waals surface area contributed by atoms with Crippen LogP contribution in [0.2, 0.25) is 0 Å². The molecule has 0 aliphatic carbocycles. The van der Waals surface area contributed by atoms with Gasteiger partial charge in [0.15, 0.2) is 23.7 Å². The van der Waals surface area contributed by atoms with Crippen molar-refractivity contribution >= 4 is 86.6 Å². The molecule has 1 aliphatic heterocycles. The minimum atomic E-state index is -3.52. The van der Waals surface area contributed by atoms with E-state index in [1.54, 1.807) is 63.0 Å². The van der Waals surface area contributed by atoms with E-state index in [0.29, 0.717) is 13.1 Å². The zero-order valence-electron chi connectivity index (χ0n) is 50.5. The summed E-state index contributed by atoms with van der Waals surface area (Å²) in [6, 6.07) is 41.6. The predicted molar refractivity (Wildman–Crippen MR) is 344 cm³/mol. The van der Waals surface area contributed by atoms with Gasteiger partial charge in [-0.15, -0.1) is 9.97 Å². The SMILES string of the molecule is CC1=NCc2ncc(-c3cccc(S(=O)(=O)N(C)C)c3)cc21.CN(C)S(=O)(=O)c1cccc(B(O)O)c1.COc1ccc(C[n+]2cn(C)c3cc(-c4cccc(S(=O)(=O)N(C)C)c4)cnc32)cc1.COc1ccc(C[n+]2cn(C)c3cc(Br)cnc32)cc1. The number of ether oxygens (including phenoxy) is 2. The summed E-state index contributed by atoms with van der Waals surface area (Å²) in [5, 5.41) is 17.8. The second-order valence-corrected chi connectivity index (χ2v) is 28.3. The third-order valence-corrected chi connectivity index (χ3v) is 20.1. The third-order valence-electron chi connectivity index (χ3n) is 14.3. The highest BCUT2D eigenvalue weighted by Gasteiger charge is 2.24. The second kappa shape index (κ2) is 28.0. The quantitative estimate of drug-likeness (QED) is 0.0830. The minimum absolute atomic E-state index is 0.0399. The van der Waals surface area contributed by atoms with Crippen LogP contribution in [0.25, 0.3) is 44.6 Å². The normalized spacial score (nSPS) is 12.2. The number of rotatable bonds is 15. The zero-order valence-corrected chi connectivity index (χ0v) is 54.6. The molecule has 0 unspecified atom stereocenters. The summed E-state index contributed by atoms with van der Waals surface area (Å²) in [5.74, 6) is 1.70. The number of nitrogens with zero attached hydrogens (tertiary/aromatic N) is 11. The molecular formula is C62H69BBrN11O10S3+2. The van der Waals surface area contributed by atoms with Gasteiger partial charge in [0.05, 0.1) is 72.8 Å². The number of hydrogen-bond donors (Lipinski definition) is 2. The number of benzene rings is 5. The Balaban J connectivity index is 0.000000157. The van der Waals surface area contributed by atoms with Crippen molar-refractivity contribution in [3.8, 4) is 33.8 Å². The number of fused-ring (bicyclic) bond motifs is 3. The Hall–Kier alpha value is -8.05. The van der Waals surface area contributed by atoms with E-state index in [0.717, 1.165) is 93.9 Å². The van der Waals surface area contributed by atoms with Crippen LogP contribution in [0, 0.1) is 0 Å². The number of aromatic nitrogens is 7. The van der Waals surface area contributed by atoms with Crippen LogP contribution in [0.5, 0.6) is 11.5 Å². The molecule has 0 saturated heterocycles. The Kier molecular flexibility index (Phi) is 21.0. The van der Waals surface area contributed by atoms with Gasteiger partial charge in [-0.3, -0.25) is 19.1 Å². The number of aliphatic imine (C=N–C) groups is 1. The molecule has 88 heavy (non-hydrogen) atoms. The van der Waals surface area contributed by atoms with Crippen molar-refractivity contribution < 1.29 is 53.9 Å². The molecule has 5 aromatic heterocycles. The number of aryl methyl sites for hydroxylation is 2. The molecule has 26 heteroatoms. The lowest BCUT2D eigenvalue weighted by Gasteiger charge is -2.12. The zero-order chi connectivity index (χ0) is 63.8. The van der Waals surface area contributed by atoms with Gasteiger partial charge in [0.1, 0.15) is 23.9 Å². The van der Waals surface area contributed by atoms with Crippen molar-refractivity contribution in [2.45, 2.75) is 41.2 Å². The fourth-order valence-corrected chi connectivity index (χ4v) is 12.4. The lowest BCUT2D eigenvalue weighted by Crippen LogP contribution is -2.33.